The molecule has 0 bridgehead atoms. The zero-order chi connectivity index (χ0) is 15.0. The van der Waals surface area contributed by atoms with Crippen LogP contribution in [0.2, 0.25) is 0 Å². The van der Waals surface area contributed by atoms with Crippen LogP contribution in [0.4, 0.5) is 0 Å². The van der Waals surface area contributed by atoms with Gasteiger partial charge >= 0.3 is 5.69 Å². The lowest BCUT2D eigenvalue weighted by Crippen LogP contribution is -2.41. The van der Waals surface area contributed by atoms with E-state index in [0.717, 1.165) is 4.57 Å². The van der Waals surface area contributed by atoms with E-state index >= 15 is 0 Å². The smallest absolute Gasteiger partial charge is 0.328 e. The molecule has 0 fully saturated rings. The molecule has 108 valence electrons. The van der Waals surface area contributed by atoms with Gasteiger partial charge in [-0.15, -0.1) is 0 Å². The lowest BCUT2D eigenvalue weighted by Gasteiger charge is -2.21. The van der Waals surface area contributed by atoms with E-state index in [1.807, 2.05) is 0 Å². The Morgan fingerprint density at radius 3 is 2.71 bits per heavy atom. The molecule has 0 saturated carbocycles. The summed E-state index contributed by atoms with van der Waals surface area (Å²) >= 11 is 0. The molecule has 0 spiro atoms. The molecule has 0 aliphatic rings. The highest BCUT2D eigenvalue weighted by molar-refractivity contribution is 5.76. The van der Waals surface area contributed by atoms with Crippen molar-refractivity contribution in [2.45, 2.75) is 19.1 Å². The molecule has 21 heavy (non-hydrogen) atoms. The van der Waals surface area contributed by atoms with Crippen LogP contribution in [0.15, 0.2) is 56.7 Å². The number of benzene rings is 1. The zero-order valence-electron chi connectivity index (χ0n) is 11.4. The maximum absolute atomic E-state index is 12.4. The monoisotopic (exact) mass is 286 g/mol. The molecule has 6 nitrogen and oxygen atoms in total. The summed E-state index contributed by atoms with van der Waals surface area (Å²) in [6.45, 7) is 1.30. The topological polar surface area (TPSA) is 88.2 Å². The van der Waals surface area contributed by atoms with Gasteiger partial charge in [0.1, 0.15) is 11.4 Å². The van der Waals surface area contributed by atoms with Crippen molar-refractivity contribution >= 4 is 10.9 Å². The van der Waals surface area contributed by atoms with E-state index in [0.29, 0.717) is 16.7 Å². The first-order valence-corrected chi connectivity index (χ1v) is 6.47. The van der Waals surface area contributed by atoms with E-state index in [-0.39, 0.29) is 6.54 Å². The van der Waals surface area contributed by atoms with Gasteiger partial charge in [0, 0.05) is 0 Å². The summed E-state index contributed by atoms with van der Waals surface area (Å²) in [4.78, 5) is 27.1. The lowest BCUT2D eigenvalue weighted by atomic mass is 10.0. The van der Waals surface area contributed by atoms with Crippen LogP contribution >= 0.6 is 0 Å². The third-order valence-electron chi connectivity index (χ3n) is 3.41. The molecule has 2 heterocycles. The summed E-state index contributed by atoms with van der Waals surface area (Å²) in [6.07, 6.45) is 1.43. The maximum Gasteiger partial charge on any atom is 0.328 e. The van der Waals surface area contributed by atoms with Crippen molar-refractivity contribution < 1.29 is 9.52 Å². The molecule has 1 unspecified atom stereocenters. The summed E-state index contributed by atoms with van der Waals surface area (Å²) in [7, 11) is 0. The van der Waals surface area contributed by atoms with Gasteiger partial charge in [-0.25, -0.2) is 4.79 Å². The predicted octanol–water partition coefficient (Wildman–Crippen LogP) is 1.19. The molecule has 1 aromatic carbocycles. The van der Waals surface area contributed by atoms with E-state index in [1.54, 1.807) is 36.4 Å². The van der Waals surface area contributed by atoms with Crippen LogP contribution in [0.1, 0.15) is 12.7 Å². The highest BCUT2D eigenvalue weighted by Crippen LogP contribution is 2.22. The molecule has 0 aliphatic carbocycles. The Balaban J connectivity index is 2.14. The summed E-state index contributed by atoms with van der Waals surface area (Å²) in [5.74, 6) is 0.293. The molecule has 2 N–H and O–H groups in total. The Morgan fingerprint density at radius 2 is 2.00 bits per heavy atom. The van der Waals surface area contributed by atoms with Crippen molar-refractivity contribution in [2.75, 3.05) is 0 Å². The van der Waals surface area contributed by atoms with Gasteiger partial charge < -0.3 is 14.5 Å². The number of hydrogen-bond acceptors (Lipinski definition) is 4. The number of aromatic amines is 1. The minimum Gasteiger partial charge on any atom is -0.466 e. The van der Waals surface area contributed by atoms with Crippen LogP contribution in [0.3, 0.4) is 0 Å². The second-order valence-electron chi connectivity index (χ2n) is 5.12. The standard InChI is InChI=1S/C15H14N2O4/c1-15(20,12-7-4-8-21-12)9-17-13(18)10-5-2-3-6-11(10)16-14(17)19/h2-8,20H,9H2,1H3,(H,16,19). The molecule has 3 rings (SSSR count). The number of para-hydroxylation sites is 1. The van der Waals surface area contributed by atoms with E-state index < -0.39 is 16.9 Å². The van der Waals surface area contributed by atoms with Crippen molar-refractivity contribution in [3.05, 3.63) is 69.3 Å². The number of aliphatic hydroxyl groups is 1. The molecule has 0 radical (unpaired) electrons. The Kier molecular flexibility index (Phi) is 3.03. The molecule has 2 aromatic heterocycles. The molecule has 1 atom stereocenters. The SMILES string of the molecule is CC(O)(Cn1c(=O)[nH]c2ccccc2c1=O)c1ccco1. The van der Waals surface area contributed by atoms with Crippen molar-refractivity contribution in [1.82, 2.24) is 9.55 Å². The largest absolute Gasteiger partial charge is 0.466 e. The third-order valence-corrected chi connectivity index (χ3v) is 3.41. The van der Waals surface area contributed by atoms with Gasteiger partial charge in [0.05, 0.1) is 23.7 Å². The number of nitrogens with one attached hydrogen (secondary N) is 1. The number of rotatable bonds is 3. The van der Waals surface area contributed by atoms with Crippen molar-refractivity contribution in [2.24, 2.45) is 0 Å². The average molecular weight is 286 g/mol. The van der Waals surface area contributed by atoms with Gasteiger partial charge in [-0.2, -0.15) is 0 Å². The second-order valence-corrected chi connectivity index (χ2v) is 5.12. The minimum atomic E-state index is -1.46. The van der Waals surface area contributed by atoms with Gasteiger partial charge in [0.15, 0.2) is 0 Å². The first-order chi connectivity index (χ1) is 9.99. The summed E-state index contributed by atoms with van der Waals surface area (Å²) in [6, 6.07) is 9.98. The first kappa shape index (κ1) is 13.4. The molecule has 3 aromatic rings. The molecule has 6 heteroatoms. The predicted molar refractivity (Wildman–Crippen MR) is 77.1 cm³/mol. The Bertz CT molecular complexity index is 888. The maximum atomic E-state index is 12.4. The Labute approximate surface area is 119 Å². The minimum absolute atomic E-state index is 0.195. The second kappa shape index (κ2) is 4.75. The van der Waals surface area contributed by atoms with Crippen molar-refractivity contribution in [3.8, 4) is 0 Å². The van der Waals surface area contributed by atoms with Crippen LogP contribution in [0.25, 0.3) is 10.9 Å². The van der Waals surface area contributed by atoms with Crippen LogP contribution in [-0.2, 0) is 12.1 Å². The molecular formula is C15H14N2O4. The lowest BCUT2D eigenvalue weighted by molar-refractivity contribution is 0.0146. The van der Waals surface area contributed by atoms with Crippen molar-refractivity contribution in [3.63, 3.8) is 0 Å². The zero-order valence-corrected chi connectivity index (χ0v) is 11.4. The molecule has 0 aliphatic heterocycles. The summed E-state index contributed by atoms with van der Waals surface area (Å²) in [5, 5.41) is 10.8. The van der Waals surface area contributed by atoms with E-state index in [4.69, 9.17) is 4.42 Å². The van der Waals surface area contributed by atoms with Crippen LogP contribution in [-0.4, -0.2) is 14.7 Å². The highest BCUT2D eigenvalue weighted by Gasteiger charge is 2.28. The fourth-order valence-electron chi connectivity index (χ4n) is 2.31. The number of aromatic nitrogens is 2. The van der Waals surface area contributed by atoms with Gasteiger partial charge in [-0.3, -0.25) is 9.36 Å². The molecular weight excluding hydrogens is 272 g/mol. The number of nitrogens with zero attached hydrogens (tertiary/aromatic N) is 1. The molecule has 0 saturated heterocycles. The fourth-order valence-corrected chi connectivity index (χ4v) is 2.31. The van der Waals surface area contributed by atoms with Crippen LogP contribution in [0.5, 0.6) is 0 Å². The van der Waals surface area contributed by atoms with Gasteiger partial charge in [0.25, 0.3) is 5.56 Å². The van der Waals surface area contributed by atoms with E-state index in [9.17, 15) is 14.7 Å². The van der Waals surface area contributed by atoms with Gasteiger partial charge in [-0.1, -0.05) is 12.1 Å². The van der Waals surface area contributed by atoms with Gasteiger partial charge in [0.2, 0.25) is 0 Å². The number of fused-ring (bicyclic) bond motifs is 1. The van der Waals surface area contributed by atoms with E-state index in [2.05, 4.69) is 4.98 Å². The summed E-state index contributed by atoms with van der Waals surface area (Å²) < 4.78 is 6.14. The first-order valence-electron chi connectivity index (χ1n) is 6.47. The Hall–Kier alpha value is -2.60. The van der Waals surface area contributed by atoms with Crippen molar-refractivity contribution in [1.29, 1.82) is 0 Å². The average Bonchev–Trinajstić information content (AvgIpc) is 2.98. The number of furan rings is 1. The van der Waals surface area contributed by atoms with Crippen LogP contribution < -0.4 is 11.2 Å². The van der Waals surface area contributed by atoms with E-state index in [1.165, 1.54) is 13.2 Å². The fraction of sp³-hybridized carbons (Fsp3) is 0.200. The quantitative estimate of drug-likeness (QED) is 0.757. The number of hydrogen-bond donors (Lipinski definition) is 2. The summed E-state index contributed by atoms with van der Waals surface area (Å²) in [5.41, 5.74) is -1.99. The third kappa shape index (κ3) is 2.30. The number of H-pyrrole nitrogens is 1. The Morgan fingerprint density at radius 1 is 1.24 bits per heavy atom. The normalized spacial score (nSPS) is 14.2. The van der Waals surface area contributed by atoms with Gasteiger partial charge in [-0.05, 0) is 31.2 Å². The molecule has 0 amide bonds. The highest BCUT2D eigenvalue weighted by atomic mass is 16.4. The van der Waals surface area contributed by atoms with Crippen LogP contribution in [0, 0.1) is 0 Å².